The van der Waals surface area contributed by atoms with Gasteiger partial charge < -0.3 is 15.3 Å². The Balaban J connectivity index is 1.51. The summed E-state index contributed by atoms with van der Waals surface area (Å²) in [4.78, 5) is 24.3. The maximum Gasteiger partial charge on any atom is 0.407 e. The van der Waals surface area contributed by atoms with E-state index in [1.807, 2.05) is 18.2 Å². The Labute approximate surface area is 117 Å². The zero-order chi connectivity index (χ0) is 14.1. The highest BCUT2D eigenvalue weighted by Crippen LogP contribution is 2.40. The van der Waals surface area contributed by atoms with Gasteiger partial charge in [0.05, 0.1) is 5.92 Å². The second-order valence-electron chi connectivity index (χ2n) is 5.58. The van der Waals surface area contributed by atoms with Gasteiger partial charge >= 0.3 is 6.09 Å². The maximum absolute atomic E-state index is 12.1. The molecule has 1 aromatic rings. The van der Waals surface area contributed by atoms with Gasteiger partial charge in [0.2, 0.25) is 5.91 Å². The number of rotatable bonds is 3. The van der Waals surface area contributed by atoms with Crippen molar-refractivity contribution in [2.75, 3.05) is 13.1 Å². The van der Waals surface area contributed by atoms with Crippen LogP contribution in [0.1, 0.15) is 24.3 Å². The molecule has 0 aromatic heterocycles. The van der Waals surface area contributed by atoms with Gasteiger partial charge in [-0.3, -0.25) is 4.79 Å². The van der Waals surface area contributed by atoms with Crippen LogP contribution < -0.4 is 5.32 Å². The molecular weight excluding hydrogens is 256 g/mol. The molecular formula is C15H18N2O3. The molecule has 1 unspecified atom stereocenters. The van der Waals surface area contributed by atoms with Crippen molar-refractivity contribution >= 4 is 12.0 Å². The first-order valence-corrected chi connectivity index (χ1v) is 6.98. The average molecular weight is 274 g/mol. The number of carboxylic acid groups (broad SMARTS) is 1. The lowest BCUT2D eigenvalue weighted by Gasteiger charge is -2.12. The zero-order valence-electron chi connectivity index (χ0n) is 11.2. The lowest BCUT2D eigenvalue weighted by molar-refractivity contribution is -0.124. The van der Waals surface area contributed by atoms with E-state index < -0.39 is 6.09 Å². The highest BCUT2D eigenvalue weighted by atomic mass is 16.4. The van der Waals surface area contributed by atoms with E-state index in [9.17, 15) is 9.59 Å². The van der Waals surface area contributed by atoms with Crippen molar-refractivity contribution in [3.05, 3.63) is 35.9 Å². The van der Waals surface area contributed by atoms with E-state index in [0.29, 0.717) is 25.4 Å². The first kappa shape index (κ1) is 13.0. The Morgan fingerprint density at radius 1 is 1.25 bits per heavy atom. The van der Waals surface area contributed by atoms with Gasteiger partial charge in [-0.25, -0.2) is 4.79 Å². The minimum absolute atomic E-state index is 0.00261. The highest BCUT2D eigenvalue weighted by molar-refractivity contribution is 5.81. The first-order valence-electron chi connectivity index (χ1n) is 6.98. The van der Waals surface area contributed by atoms with Gasteiger partial charge in [0.15, 0.2) is 0 Å². The van der Waals surface area contributed by atoms with E-state index in [1.165, 1.54) is 10.5 Å². The third-order valence-corrected chi connectivity index (χ3v) is 4.18. The number of nitrogens with zero attached hydrogens (tertiary/aromatic N) is 1. The Morgan fingerprint density at radius 2 is 2.00 bits per heavy atom. The number of likely N-dealkylation sites (tertiary alicyclic amines) is 1. The molecule has 0 spiro atoms. The monoisotopic (exact) mass is 274 g/mol. The van der Waals surface area contributed by atoms with Crippen molar-refractivity contribution in [3.63, 3.8) is 0 Å². The van der Waals surface area contributed by atoms with Gasteiger partial charge in [-0.2, -0.15) is 0 Å². The second-order valence-corrected chi connectivity index (χ2v) is 5.58. The van der Waals surface area contributed by atoms with Crippen molar-refractivity contribution in [2.24, 2.45) is 5.92 Å². The number of carbonyl (C=O) groups excluding carboxylic acids is 1. The lowest BCUT2D eigenvalue weighted by atomic mass is 10.1. The van der Waals surface area contributed by atoms with E-state index in [1.54, 1.807) is 0 Å². The summed E-state index contributed by atoms with van der Waals surface area (Å²) < 4.78 is 0. The SMILES string of the molecule is O=C(N[C@H]1C[C@@H]1c1ccccc1)C1CCN(C(=O)O)C1. The van der Waals surface area contributed by atoms with Gasteiger partial charge in [-0.05, 0) is 18.4 Å². The van der Waals surface area contributed by atoms with Crippen LogP contribution in [0.4, 0.5) is 4.79 Å². The van der Waals surface area contributed by atoms with Crippen molar-refractivity contribution in [3.8, 4) is 0 Å². The van der Waals surface area contributed by atoms with Crippen LogP contribution in [0.2, 0.25) is 0 Å². The largest absolute Gasteiger partial charge is 0.465 e. The predicted octanol–water partition coefficient (Wildman–Crippen LogP) is 1.66. The predicted molar refractivity (Wildman–Crippen MR) is 73.4 cm³/mol. The fourth-order valence-corrected chi connectivity index (χ4v) is 2.87. The van der Waals surface area contributed by atoms with Crippen molar-refractivity contribution in [1.29, 1.82) is 0 Å². The molecule has 1 saturated heterocycles. The maximum atomic E-state index is 12.1. The van der Waals surface area contributed by atoms with Crippen molar-refractivity contribution < 1.29 is 14.7 Å². The minimum atomic E-state index is -0.936. The normalized spacial score (nSPS) is 28.2. The van der Waals surface area contributed by atoms with Crippen LogP contribution >= 0.6 is 0 Å². The van der Waals surface area contributed by atoms with Crippen LogP contribution in [0, 0.1) is 5.92 Å². The van der Waals surface area contributed by atoms with Crippen LogP contribution in [-0.2, 0) is 4.79 Å². The van der Waals surface area contributed by atoms with Gasteiger partial charge in [0.1, 0.15) is 0 Å². The van der Waals surface area contributed by atoms with Gasteiger partial charge in [0.25, 0.3) is 0 Å². The molecule has 0 bridgehead atoms. The topological polar surface area (TPSA) is 69.6 Å². The smallest absolute Gasteiger partial charge is 0.407 e. The molecule has 5 nitrogen and oxygen atoms in total. The van der Waals surface area contributed by atoms with Gasteiger partial charge in [-0.1, -0.05) is 30.3 Å². The Hall–Kier alpha value is -2.04. The summed E-state index contributed by atoms with van der Waals surface area (Å²) in [6.45, 7) is 0.782. The Morgan fingerprint density at radius 3 is 2.65 bits per heavy atom. The molecule has 1 aliphatic carbocycles. The Bertz CT molecular complexity index is 517. The standard InChI is InChI=1S/C15H18N2O3/c18-14(11-6-7-17(9-11)15(19)20)16-13-8-12(13)10-4-2-1-3-5-10/h1-5,11-13H,6-9H2,(H,16,18)(H,19,20)/t11?,12-,13+/m1/s1. The fraction of sp³-hybridized carbons (Fsp3) is 0.467. The van der Waals surface area contributed by atoms with Crippen molar-refractivity contribution in [1.82, 2.24) is 10.2 Å². The van der Waals surface area contributed by atoms with Crippen LogP contribution in [0.25, 0.3) is 0 Å². The third kappa shape index (κ3) is 2.61. The molecule has 1 aromatic carbocycles. The molecule has 2 N–H and O–H groups in total. The summed E-state index contributed by atoms with van der Waals surface area (Å²) in [5.74, 6) is 0.220. The van der Waals surface area contributed by atoms with Crippen LogP contribution in [0.3, 0.4) is 0 Å². The number of benzene rings is 1. The Kier molecular flexibility index (Phi) is 3.34. The minimum Gasteiger partial charge on any atom is -0.465 e. The molecule has 5 heteroatoms. The average Bonchev–Trinajstić information content (AvgIpc) is 3.02. The second kappa shape index (κ2) is 5.15. The number of amides is 2. The summed E-state index contributed by atoms with van der Waals surface area (Å²) in [7, 11) is 0. The zero-order valence-corrected chi connectivity index (χ0v) is 11.2. The van der Waals surface area contributed by atoms with Gasteiger partial charge in [0, 0.05) is 25.0 Å². The summed E-state index contributed by atoms with van der Waals surface area (Å²) in [5, 5.41) is 11.9. The first-order chi connectivity index (χ1) is 9.65. The van der Waals surface area contributed by atoms with Crippen LogP contribution in [0.15, 0.2) is 30.3 Å². The number of nitrogens with one attached hydrogen (secondary N) is 1. The molecule has 3 atom stereocenters. The van der Waals surface area contributed by atoms with Crippen LogP contribution in [-0.4, -0.2) is 41.1 Å². The molecule has 2 amide bonds. The quantitative estimate of drug-likeness (QED) is 0.880. The van der Waals surface area contributed by atoms with E-state index in [4.69, 9.17) is 5.11 Å². The third-order valence-electron chi connectivity index (χ3n) is 4.18. The summed E-state index contributed by atoms with van der Waals surface area (Å²) in [6.07, 6.45) is 0.667. The number of hydrogen-bond donors (Lipinski definition) is 2. The molecule has 0 radical (unpaired) electrons. The molecule has 3 rings (SSSR count). The highest BCUT2D eigenvalue weighted by Gasteiger charge is 2.41. The summed E-state index contributed by atoms with van der Waals surface area (Å²) in [6, 6.07) is 10.4. The molecule has 1 aliphatic heterocycles. The molecule has 106 valence electrons. The molecule has 2 aliphatic rings. The van der Waals surface area contributed by atoms with Crippen LogP contribution in [0.5, 0.6) is 0 Å². The molecule has 20 heavy (non-hydrogen) atoms. The summed E-state index contributed by atoms with van der Waals surface area (Å²) >= 11 is 0. The fourth-order valence-electron chi connectivity index (χ4n) is 2.87. The van der Waals surface area contributed by atoms with E-state index in [0.717, 1.165) is 6.42 Å². The number of carbonyl (C=O) groups is 2. The van der Waals surface area contributed by atoms with E-state index >= 15 is 0 Å². The molecule has 2 fully saturated rings. The van der Waals surface area contributed by atoms with E-state index in [-0.39, 0.29) is 17.9 Å². The number of hydrogen-bond acceptors (Lipinski definition) is 2. The van der Waals surface area contributed by atoms with Crippen molar-refractivity contribution in [2.45, 2.75) is 24.8 Å². The lowest BCUT2D eigenvalue weighted by Crippen LogP contribution is -2.35. The molecule has 1 saturated carbocycles. The van der Waals surface area contributed by atoms with Gasteiger partial charge in [-0.15, -0.1) is 0 Å². The summed E-state index contributed by atoms with van der Waals surface area (Å²) in [5.41, 5.74) is 1.26. The molecule has 1 heterocycles. The van der Waals surface area contributed by atoms with E-state index in [2.05, 4.69) is 17.4 Å².